The van der Waals surface area contributed by atoms with Gasteiger partial charge >= 0.3 is 0 Å². The van der Waals surface area contributed by atoms with Gasteiger partial charge in [0.1, 0.15) is 0 Å². The minimum Gasteiger partial charge on any atom is -0.389 e. The number of likely N-dealkylation sites (N-methyl/N-ethyl adjacent to an activating group) is 1. The van der Waals surface area contributed by atoms with Crippen molar-refractivity contribution in [2.75, 3.05) is 13.1 Å². The normalized spacial score (nSPS) is 20.1. The molecule has 0 spiro atoms. The van der Waals surface area contributed by atoms with Gasteiger partial charge in [-0.2, -0.15) is 0 Å². The van der Waals surface area contributed by atoms with Crippen LogP contribution >= 0.6 is 0 Å². The van der Waals surface area contributed by atoms with Crippen LogP contribution in [0.15, 0.2) is 12.2 Å². The zero-order valence-corrected chi connectivity index (χ0v) is 10.6. The summed E-state index contributed by atoms with van der Waals surface area (Å²) in [6.45, 7) is 6.50. The second-order valence-corrected chi connectivity index (χ2v) is 5.19. The fourth-order valence-corrected chi connectivity index (χ4v) is 2.06. The standard InChI is InChI=1S/C13H23NO2/c1-4-14(10-13(2,3)16)12(15)9-11-7-5-6-8-11/h5,7,11,16H,4,6,8-10H2,1-3H3/t11-/m1/s1. The fraction of sp³-hybridized carbons (Fsp3) is 0.769. The molecule has 0 aromatic heterocycles. The first-order valence-electron chi connectivity index (χ1n) is 6.09. The average molecular weight is 225 g/mol. The molecule has 92 valence electrons. The molecule has 0 radical (unpaired) electrons. The van der Waals surface area contributed by atoms with Crippen LogP contribution in [-0.2, 0) is 4.79 Å². The second-order valence-electron chi connectivity index (χ2n) is 5.19. The molecule has 0 saturated carbocycles. The van der Waals surface area contributed by atoms with Crippen LogP contribution < -0.4 is 0 Å². The van der Waals surface area contributed by atoms with E-state index in [4.69, 9.17) is 0 Å². The lowest BCUT2D eigenvalue weighted by molar-refractivity contribution is -0.134. The van der Waals surface area contributed by atoms with Crippen LogP contribution in [-0.4, -0.2) is 34.6 Å². The molecule has 1 amide bonds. The minimum atomic E-state index is -0.808. The number of hydrogen-bond donors (Lipinski definition) is 1. The summed E-state index contributed by atoms with van der Waals surface area (Å²) in [5, 5.41) is 9.72. The van der Waals surface area contributed by atoms with Crippen LogP contribution in [0.3, 0.4) is 0 Å². The van der Waals surface area contributed by atoms with Gasteiger partial charge in [0.05, 0.1) is 5.60 Å². The number of carbonyl (C=O) groups is 1. The molecule has 3 nitrogen and oxygen atoms in total. The van der Waals surface area contributed by atoms with Crippen molar-refractivity contribution < 1.29 is 9.90 Å². The van der Waals surface area contributed by atoms with Crippen LogP contribution in [0.2, 0.25) is 0 Å². The van der Waals surface area contributed by atoms with Gasteiger partial charge in [-0.3, -0.25) is 4.79 Å². The second kappa shape index (κ2) is 5.48. The number of hydrogen-bond acceptors (Lipinski definition) is 2. The van der Waals surface area contributed by atoms with Gasteiger partial charge in [-0.05, 0) is 39.5 Å². The average Bonchev–Trinajstić information content (AvgIpc) is 2.65. The smallest absolute Gasteiger partial charge is 0.223 e. The molecular formula is C13H23NO2. The fourth-order valence-electron chi connectivity index (χ4n) is 2.06. The molecule has 0 fully saturated rings. The molecule has 0 aliphatic heterocycles. The van der Waals surface area contributed by atoms with Crippen molar-refractivity contribution in [2.24, 2.45) is 5.92 Å². The van der Waals surface area contributed by atoms with Crippen molar-refractivity contribution in [3.63, 3.8) is 0 Å². The summed E-state index contributed by atoms with van der Waals surface area (Å²) in [5.41, 5.74) is -0.808. The highest BCUT2D eigenvalue weighted by Crippen LogP contribution is 2.21. The number of rotatable bonds is 5. The third-order valence-electron chi connectivity index (χ3n) is 2.86. The number of aliphatic hydroxyl groups is 1. The van der Waals surface area contributed by atoms with E-state index < -0.39 is 5.60 Å². The number of nitrogens with zero attached hydrogens (tertiary/aromatic N) is 1. The van der Waals surface area contributed by atoms with E-state index in [9.17, 15) is 9.90 Å². The molecule has 0 aromatic carbocycles. The third kappa shape index (κ3) is 4.35. The van der Waals surface area contributed by atoms with Crippen LogP contribution in [0, 0.1) is 5.92 Å². The Balaban J connectivity index is 2.45. The SMILES string of the molecule is CCN(CC(C)(C)O)C(=O)C[C@@H]1C=CCC1. The summed E-state index contributed by atoms with van der Waals surface area (Å²) in [6.07, 6.45) is 7.04. The van der Waals surface area contributed by atoms with E-state index in [1.165, 1.54) is 0 Å². The number of allylic oxidation sites excluding steroid dienone is 2. The molecule has 1 aliphatic rings. The lowest BCUT2D eigenvalue weighted by Crippen LogP contribution is -2.42. The first-order valence-corrected chi connectivity index (χ1v) is 6.09. The van der Waals surface area contributed by atoms with Crippen LogP contribution in [0.25, 0.3) is 0 Å². The highest BCUT2D eigenvalue weighted by molar-refractivity contribution is 5.76. The zero-order chi connectivity index (χ0) is 12.2. The van der Waals surface area contributed by atoms with Crippen LogP contribution in [0.4, 0.5) is 0 Å². The third-order valence-corrected chi connectivity index (χ3v) is 2.86. The van der Waals surface area contributed by atoms with E-state index in [2.05, 4.69) is 12.2 Å². The molecule has 0 saturated heterocycles. The Hall–Kier alpha value is -0.830. The van der Waals surface area contributed by atoms with Gasteiger partial charge < -0.3 is 10.0 Å². The van der Waals surface area contributed by atoms with E-state index in [1.807, 2.05) is 6.92 Å². The van der Waals surface area contributed by atoms with Crippen molar-refractivity contribution in [2.45, 2.75) is 45.6 Å². The maximum absolute atomic E-state index is 12.0. The molecule has 1 N–H and O–H groups in total. The van der Waals surface area contributed by atoms with Crippen molar-refractivity contribution in [1.82, 2.24) is 4.90 Å². The Bertz CT molecular complexity index is 266. The first kappa shape index (κ1) is 13.2. The molecule has 0 heterocycles. The molecule has 1 aliphatic carbocycles. The van der Waals surface area contributed by atoms with Gasteiger partial charge in [0.25, 0.3) is 0 Å². The minimum absolute atomic E-state index is 0.154. The Morgan fingerprint density at radius 1 is 1.56 bits per heavy atom. The van der Waals surface area contributed by atoms with Gasteiger partial charge in [0, 0.05) is 19.5 Å². The molecule has 1 rings (SSSR count). The summed E-state index contributed by atoms with van der Waals surface area (Å²) in [6, 6.07) is 0. The van der Waals surface area contributed by atoms with Gasteiger partial charge in [-0.25, -0.2) is 0 Å². The van der Waals surface area contributed by atoms with Crippen LogP contribution in [0.1, 0.15) is 40.0 Å². The van der Waals surface area contributed by atoms with Crippen molar-refractivity contribution in [3.05, 3.63) is 12.2 Å². The highest BCUT2D eigenvalue weighted by atomic mass is 16.3. The summed E-state index contributed by atoms with van der Waals surface area (Å²) >= 11 is 0. The molecular weight excluding hydrogens is 202 g/mol. The maximum atomic E-state index is 12.0. The summed E-state index contributed by atoms with van der Waals surface area (Å²) in [7, 11) is 0. The largest absolute Gasteiger partial charge is 0.389 e. The van der Waals surface area contributed by atoms with E-state index in [0.29, 0.717) is 25.4 Å². The molecule has 16 heavy (non-hydrogen) atoms. The maximum Gasteiger partial charge on any atom is 0.223 e. The molecule has 1 atom stereocenters. The van der Waals surface area contributed by atoms with E-state index in [1.54, 1.807) is 18.7 Å². The van der Waals surface area contributed by atoms with Gasteiger partial charge in [0.15, 0.2) is 0 Å². The van der Waals surface area contributed by atoms with Gasteiger partial charge in [-0.15, -0.1) is 0 Å². The monoisotopic (exact) mass is 225 g/mol. The van der Waals surface area contributed by atoms with Gasteiger partial charge in [0.2, 0.25) is 5.91 Å². The zero-order valence-electron chi connectivity index (χ0n) is 10.6. The van der Waals surface area contributed by atoms with E-state index in [-0.39, 0.29) is 5.91 Å². The molecule has 0 bridgehead atoms. The Morgan fingerprint density at radius 3 is 2.69 bits per heavy atom. The molecule has 0 unspecified atom stereocenters. The summed E-state index contributed by atoms with van der Waals surface area (Å²) < 4.78 is 0. The Labute approximate surface area is 98.1 Å². The lowest BCUT2D eigenvalue weighted by atomic mass is 10.0. The predicted octanol–water partition coefficient (Wildman–Crippen LogP) is 1.96. The van der Waals surface area contributed by atoms with E-state index in [0.717, 1.165) is 12.8 Å². The van der Waals surface area contributed by atoms with E-state index >= 15 is 0 Å². The number of amides is 1. The highest BCUT2D eigenvalue weighted by Gasteiger charge is 2.23. The quantitative estimate of drug-likeness (QED) is 0.727. The Kier molecular flexibility index (Phi) is 4.54. The first-order chi connectivity index (χ1) is 7.42. The van der Waals surface area contributed by atoms with Crippen molar-refractivity contribution >= 4 is 5.91 Å². The summed E-state index contributed by atoms with van der Waals surface area (Å²) in [4.78, 5) is 13.7. The van der Waals surface area contributed by atoms with Gasteiger partial charge in [-0.1, -0.05) is 12.2 Å². The molecule has 0 aromatic rings. The number of carbonyl (C=O) groups excluding carboxylic acids is 1. The lowest BCUT2D eigenvalue weighted by Gasteiger charge is -2.28. The Morgan fingerprint density at radius 2 is 2.25 bits per heavy atom. The van der Waals surface area contributed by atoms with Crippen molar-refractivity contribution in [1.29, 1.82) is 0 Å². The van der Waals surface area contributed by atoms with Crippen LogP contribution in [0.5, 0.6) is 0 Å². The topological polar surface area (TPSA) is 40.5 Å². The summed E-state index contributed by atoms with van der Waals surface area (Å²) in [5.74, 6) is 0.560. The van der Waals surface area contributed by atoms with Crippen molar-refractivity contribution in [3.8, 4) is 0 Å². The molecule has 3 heteroatoms. The predicted molar refractivity (Wildman–Crippen MR) is 65.0 cm³/mol.